The van der Waals surface area contributed by atoms with Crippen LogP contribution in [0.1, 0.15) is 11.1 Å². The zero-order chi connectivity index (χ0) is 24.6. The van der Waals surface area contributed by atoms with Gasteiger partial charge in [0.15, 0.2) is 0 Å². The Morgan fingerprint density at radius 3 is 2.46 bits per heavy atom. The van der Waals surface area contributed by atoms with Crippen LogP contribution in [0.4, 0.5) is 22.0 Å². The van der Waals surface area contributed by atoms with Gasteiger partial charge in [0, 0.05) is 17.8 Å². The van der Waals surface area contributed by atoms with Crippen LogP contribution in [-0.2, 0) is 11.3 Å². The van der Waals surface area contributed by atoms with Crippen LogP contribution in [0.5, 0.6) is 5.75 Å². The van der Waals surface area contributed by atoms with Crippen molar-refractivity contribution >= 4 is 22.3 Å². The highest BCUT2D eigenvalue weighted by Crippen LogP contribution is 2.33. The molecule has 11 heteroatoms. The monoisotopic (exact) mass is 488 g/mol. The molecule has 0 N–H and O–H groups in total. The standard InChI is InChI=1S/C24H17F5N4O2/c25-23(26,27)35-19-8-5-16(6-9-19)17-7-10-22-31-15-33(32(22)13-17)24(28,29)34-14-18-11-12-30-21-4-2-1-3-20(18)21/h1-13H,14-15H2. The summed E-state index contributed by atoms with van der Waals surface area (Å²) in [5.74, 6) is -0.0985. The number of hydrogen-bond acceptors (Lipinski definition) is 6. The van der Waals surface area contributed by atoms with Crippen molar-refractivity contribution in [3.8, 4) is 5.75 Å². The van der Waals surface area contributed by atoms with Crippen molar-refractivity contribution in [3.63, 3.8) is 0 Å². The van der Waals surface area contributed by atoms with E-state index < -0.39 is 12.6 Å². The van der Waals surface area contributed by atoms with Crippen LogP contribution in [0.25, 0.3) is 16.5 Å². The molecule has 0 unspecified atom stereocenters. The van der Waals surface area contributed by atoms with E-state index in [9.17, 15) is 13.2 Å². The molecule has 0 radical (unpaired) electrons. The van der Waals surface area contributed by atoms with Crippen LogP contribution >= 0.6 is 0 Å². The van der Waals surface area contributed by atoms with Gasteiger partial charge in [0.05, 0.1) is 12.1 Å². The molecule has 1 aromatic heterocycles. The Morgan fingerprint density at radius 2 is 1.69 bits per heavy atom. The number of rotatable bonds is 6. The number of ether oxygens (including phenoxy) is 2. The van der Waals surface area contributed by atoms with Crippen LogP contribution < -0.4 is 4.74 Å². The Balaban J connectivity index is 1.32. The lowest BCUT2D eigenvalue weighted by Crippen LogP contribution is -2.50. The van der Waals surface area contributed by atoms with E-state index in [-0.39, 0.29) is 24.9 Å². The lowest BCUT2D eigenvalue weighted by molar-refractivity contribution is -0.359. The summed E-state index contributed by atoms with van der Waals surface area (Å²) in [5.41, 5.74) is 2.23. The average Bonchev–Trinajstić information content (AvgIpc) is 3.26. The predicted octanol–water partition coefficient (Wildman–Crippen LogP) is 5.70. The fourth-order valence-corrected chi connectivity index (χ4v) is 3.76. The van der Waals surface area contributed by atoms with Crippen LogP contribution in [0.3, 0.4) is 0 Å². The number of aliphatic imine (C=N–C) groups is 1. The number of para-hydroxylation sites is 1. The first kappa shape index (κ1) is 22.9. The summed E-state index contributed by atoms with van der Waals surface area (Å²) in [7, 11) is 0. The fourth-order valence-electron chi connectivity index (χ4n) is 3.76. The lowest BCUT2D eigenvalue weighted by atomic mass is 10.0. The van der Waals surface area contributed by atoms with Crippen molar-refractivity contribution in [1.82, 2.24) is 15.0 Å². The van der Waals surface area contributed by atoms with Gasteiger partial charge < -0.3 is 9.47 Å². The Labute approximate surface area is 196 Å². The zero-order valence-corrected chi connectivity index (χ0v) is 17.9. The van der Waals surface area contributed by atoms with Gasteiger partial charge in [0.25, 0.3) is 0 Å². The van der Waals surface area contributed by atoms with Crippen molar-refractivity contribution in [2.24, 2.45) is 4.99 Å². The minimum Gasteiger partial charge on any atom is -0.406 e. The molecule has 3 heterocycles. The quantitative estimate of drug-likeness (QED) is 0.329. The van der Waals surface area contributed by atoms with Gasteiger partial charge in [0.2, 0.25) is 0 Å². The van der Waals surface area contributed by atoms with Crippen LogP contribution in [-0.4, -0.2) is 40.1 Å². The molecule has 0 fully saturated rings. The Kier molecular flexibility index (Phi) is 5.73. The molecule has 3 aromatic rings. The van der Waals surface area contributed by atoms with Gasteiger partial charge >= 0.3 is 12.6 Å². The molecule has 2 aliphatic heterocycles. The molecular weight excluding hydrogens is 471 g/mol. The molecule has 0 atom stereocenters. The predicted molar refractivity (Wildman–Crippen MR) is 118 cm³/mol. The summed E-state index contributed by atoms with van der Waals surface area (Å²) in [4.78, 5) is 8.33. The van der Waals surface area contributed by atoms with Crippen LogP contribution in [0.2, 0.25) is 0 Å². The smallest absolute Gasteiger partial charge is 0.406 e. The first-order valence-electron chi connectivity index (χ1n) is 10.4. The number of nitrogens with zero attached hydrogens (tertiary/aromatic N) is 4. The van der Waals surface area contributed by atoms with Crippen molar-refractivity contribution < 1.29 is 31.4 Å². The first-order valence-corrected chi connectivity index (χ1v) is 10.4. The maximum absolute atomic E-state index is 15.1. The van der Waals surface area contributed by atoms with Crippen molar-refractivity contribution in [1.29, 1.82) is 0 Å². The van der Waals surface area contributed by atoms with Gasteiger partial charge in [0.1, 0.15) is 18.3 Å². The molecule has 5 rings (SSSR count). The van der Waals surface area contributed by atoms with Gasteiger partial charge in [-0.1, -0.05) is 30.3 Å². The second kappa shape index (κ2) is 8.75. The first-order chi connectivity index (χ1) is 16.7. The number of aromatic nitrogens is 1. The van der Waals surface area contributed by atoms with E-state index in [1.807, 2.05) is 6.07 Å². The van der Waals surface area contributed by atoms with Gasteiger partial charge in [-0.05, 0) is 53.1 Å². The molecule has 0 saturated heterocycles. The number of fused-ring (bicyclic) bond motifs is 2. The number of hydrogen-bond donors (Lipinski definition) is 0. The van der Waals surface area contributed by atoms with Gasteiger partial charge in [-0.3, -0.25) is 9.99 Å². The number of benzene rings is 2. The minimum atomic E-state index is -4.80. The molecule has 0 saturated carbocycles. The van der Waals surface area contributed by atoms with E-state index >= 15 is 8.78 Å². The van der Waals surface area contributed by atoms with Crippen molar-refractivity contribution in [2.45, 2.75) is 19.2 Å². The summed E-state index contributed by atoms with van der Waals surface area (Å²) in [6.45, 7) is -0.700. The van der Waals surface area contributed by atoms with Gasteiger partial charge in [-0.25, -0.2) is 4.99 Å². The molecule has 0 bridgehead atoms. The van der Waals surface area contributed by atoms with E-state index in [2.05, 4.69) is 14.7 Å². The minimum absolute atomic E-state index is 0.281. The highest BCUT2D eigenvalue weighted by Gasteiger charge is 2.46. The molecule has 0 spiro atoms. The van der Waals surface area contributed by atoms with E-state index in [0.29, 0.717) is 32.6 Å². The summed E-state index contributed by atoms with van der Waals surface area (Å²) < 4.78 is 76.3. The largest absolute Gasteiger partial charge is 0.573 e. The number of amidine groups is 1. The maximum Gasteiger partial charge on any atom is 0.573 e. The molecule has 0 amide bonds. The number of pyridine rings is 1. The molecule has 0 aliphatic carbocycles. The third-order valence-corrected chi connectivity index (χ3v) is 5.40. The van der Waals surface area contributed by atoms with E-state index in [1.165, 1.54) is 29.5 Å². The molecular formula is C24H17F5N4O2. The molecule has 2 aromatic carbocycles. The topological polar surface area (TPSA) is 50.2 Å². The van der Waals surface area contributed by atoms with Crippen molar-refractivity contribution in [2.75, 3.05) is 6.67 Å². The second-order valence-corrected chi connectivity index (χ2v) is 7.65. The summed E-state index contributed by atoms with van der Waals surface area (Å²) in [6, 6.07) is 13.9. The number of halogens is 5. The Morgan fingerprint density at radius 1 is 0.914 bits per heavy atom. The van der Waals surface area contributed by atoms with Crippen molar-refractivity contribution in [3.05, 3.63) is 90.3 Å². The fraction of sp³-hybridized carbons (Fsp3) is 0.167. The van der Waals surface area contributed by atoms with E-state index in [4.69, 9.17) is 4.74 Å². The maximum atomic E-state index is 15.1. The molecule has 2 aliphatic rings. The summed E-state index contributed by atoms with van der Waals surface area (Å²) in [5, 5.41) is 2.54. The zero-order valence-electron chi connectivity index (χ0n) is 17.9. The highest BCUT2D eigenvalue weighted by molar-refractivity contribution is 6.00. The summed E-state index contributed by atoms with van der Waals surface area (Å²) in [6.07, 6.45) is -2.37. The van der Waals surface area contributed by atoms with E-state index in [0.717, 1.165) is 12.1 Å². The van der Waals surface area contributed by atoms with Crippen LogP contribution in [0.15, 0.2) is 84.1 Å². The Bertz CT molecular complexity index is 1330. The molecule has 180 valence electrons. The number of alkyl halides is 5. The molecule has 6 nitrogen and oxygen atoms in total. The van der Waals surface area contributed by atoms with Crippen LogP contribution in [0, 0.1) is 0 Å². The third kappa shape index (κ3) is 4.86. The van der Waals surface area contributed by atoms with Gasteiger partial charge in [-0.2, -0.15) is 8.78 Å². The number of hydrazine groups is 1. The third-order valence-electron chi connectivity index (χ3n) is 5.40. The molecule has 35 heavy (non-hydrogen) atoms. The van der Waals surface area contributed by atoms with Gasteiger partial charge in [-0.15, -0.1) is 18.2 Å². The lowest BCUT2D eigenvalue weighted by Gasteiger charge is -2.33. The number of allylic oxidation sites excluding steroid dienone is 2. The normalized spacial score (nSPS) is 16.3. The highest BCUT2D eigenvalue weighted by atomic mass is 19.4. The second-order valence-electron chi connectivity index (χ2n) is 7.65. The average molecular weight is 488 g/mol. The summed E-state index contributed by atoms with van der Waals surface area (Å²) >= 11 is 0. The SMILES string of the molecule is FC(F)(F)Oc1ccc(C2=CN3C(=NCN3C(F)(F)OCc3ccnc4ccccc34)C=C2)cc1. The Hall–Kier alpha value is -3.83. The van der Waals surface area contributed by atoms with E-state index in [1.54, 1.807) is 36.4 Å².